The van der Waals surface area contributed by atoms with Crippen molar-refractivity contribution in [3.8, 4) is 0 Å². The maximum Gasteiger partial charge on any atom is 0.411 e. The van der Waals surface area contributed by atoms with Crippen LogP contribution in [0.4, 0.5) is 20.6 Å². The summed E-state index contributed by atoms with van der Waals surface area (Å²) >= 11 is 0. The highest BCUT2D eigenvalue weighted by atomic mass is 19.1. The molecule has 0 spiro atoms. The van der Waals surface area contributed by atoms with Crippen molar-refractivity contribution < 1.29 is 23.5 Å². The SMILES string of the molecule is COC(=O)c1cc(F)c(NCCCNCCCCNCCCN)cc1NC(=O)OCc1ccc(C)c(C)c1. The van der Waals surface area contributed by atoms with Gasteiger partial charge in [0.05, 0.1) is 24.0 Å². The first kappa shape index (κ1) is 31.0. The average Bonchev–Trinajstić information content (AvgIpc) is 2.90. The number of rotatable bonds is 17. The van der Waals surface area contributed by atoms with Crippen LogP contribution in [-0.2, 0) is 16.1 Å². The van der Waals surface area contributed by atoms with Crippen LogP contribution in [0, 0.1) is 19.7 Å². The molecule has 1 amide bonds. The molecule has 0 aliphatic heterocycles. The lowest BCUT2D eigenvalue weighted by Gasteiger charge is -2.15. The molecular formula is C28H42FN5O4. The number of methoxy groups -OCH3 is 1. The van der Waals surface area contributed by atoms with Gasteiger partial charge >= 0.3 is 12.1 Å². The second kappa shape index (κ2) is 17.3. The van der Waals surface area contributed by atoms with Gasteiger partial charge in [-0.2, -0.15) is 0 Å². The van der Waals surface area contributed by atoms with Gasteiger partial charge in [0.15, 0.2) is 0 Å². The normalized spacial score (nSPS) is 10.8. The summed E-state index contributed by atoms with van der Waals surface area (Å²) in [6.45, 7) is 8.91. The molecule has 0 aromatic heterocycles. The summed E-state index contributed by atoms with van der Waals surface area (Å²) in [5.74, 6) is -1.38. The zero-order valence-corrected chi connectivity index (χ0v) is 22.8. The topological polar surface area (TPSA) is 127 Å². The summed E-state index contributed by atoms with van der Waals surface area (Å²) in [5, 5.41) is 12.3. The molecule has 0 bridgehead atoms. The standard InChI is InChI=1S/C28H42FN5O4/c1-20-8-9-22(16-21(20)2)19-38-28(36)34-25-18-26(24(29)17-23(25)27(35)37-3)33-15-7-14-32-12-5-4-11-31-13-6-10-30/h8-9,16-18,31-33H,4-7,10-15,19,30H2,1-3H3,(H,34,36). The minimum Gasteiger partial charge on any atom is -0.465 e. The Hall–Kier alpha value is -3.21. The Balaban J connectivity index is 1.83. The zero-order valence-electron chi connectivity index (χ0n) is 22.8. The summed E-state index contributed by atoms with van der Waals surface area (Å²) in [7, 11) is 1.19. The molecule has 0 saturated carbocycles. The number of carbonyl (C=O) groups excluding carboxylic acids is 2. The third-order valence-electron chi connectivity index (χ3n) is 6.05. The highest BCUT2D eigenvalue weighted by molar-refractivity contribution is 6.00. The van der Waals surface area contributed by atoms with Crippen molar-refractivity contribution in [3.05, 3.63) is 58.4 Å². The molecule has 210 valence electrons. The monoisotopic (exact) mass is 531 g/mol. The van der Waals surface area contributed by atoms with E-state index >= 15 is 0 Å². The first-order valence-corrected chi connectivity index (χ1v) is 13.1. The molecule has 0 aliphatic rings. The number of nitrogens with two attached hydrogens (primary N) is 1. The minimum absolute atomic E-state index is 0.0601. The molecule has 0 unspecified atom stereocenters. The molecule has 2 aromatic carbocycles. The van der Waals surface area contributed by atoms with Crippen molar-refractivity contribution >= 4 is 23.4 Å². The summed E-state index contributed by atoms with van der Waals surface area (Å²) in [5.41, 5.74) is 8.71. The Morgan fingerprint density at radius 3 is 2.21 bits per heavy atom. The number of esters is 1. The molecule has 6 N–H and O–H groups in total. The van der Waals surface area contributed by atoms with Crippen molar-refractivity contribution in [2.24, 2.45) is 5.73 Å². The fourth-order valence-corrected chi connectivity index (χ4v) is 3.69. The number of unbranched alkanes of at least 4 members (excludes halogenated alkanes) is 1. The molecule has 2 aromatic rings. The molecule has 9 nitrogen and oxygen atoms in total. The van der Waals surface area contributed by atoms with Crippen LogP contribution in [0.2, 0.25) is 0 Å². The second-order valence-electron chi connectivity index (χ2n) is 9.12. The average molecular weight is 532 g/mol. The van der Waals surface area contributed by atoms with Gasteiger partial charge in [0.2, 0.25) is 0 Å². The van der Waals surface area contributed by atoms with Gasteiger partial charge in [-0.3, -0.25) is 5.32 Å². The predicted octanol–water partition coefficient (Wildman–Crippen LogP) is 4.09. The molecule has 0 radical (unpaired) electrons. The van der Waals surface area contributed by atoms with Crippen LogP contribution in [0.15, 0.2) is 30.3 Å². The van der Waals surface area contributed by atoms with E-state index in [1.807, 2.05) is 32.0 Å². The number of benzene rings is 2. The van der Waals surface area contributed by atoms with E-state index in [9.17, 15) is 14.0 Å². The van der Waals surface area contributed by atoms with Crippen molar-refractivity contribution in [1.29, 1.82) is 0 Å². The minimum atomic E-state index is -0.765. The van der Waals surface area contributed by atoms with Gasteiger partial charge in [0.1, 0.15) is 12.4 Å². The van der Waals surface area contributed by atoms with Gasteiger partial charge in [-0.25, -0.2) is 14.0 Å². The maximum absolute atomic E-state index is 14.7. The quantitative estimate of drug-likeness (QED) is 0.153. The summed E-state index contributed by atoms with van der Waals surface area (Å²) < 4.78 is 24.7. The number of aryl methyl sites for hydroxylation is 2. The van der Waals surface area contributed by atoms with Crippen LogP contribution in [0.5, 0.6) is 0 Å². The first-order valence-electron chi connectivity index (χ1n) is 13.1. The van der Waals surface area contributed by atoms with E-state index < -0.39 is 17.9 Å². The van der Waals surface area contributed by atoms with Crippen LogP contribution < -0.4 is 27.0 Å². The van der Waals surface area contributed by atoms with Gasteiger partial charge in [-0.15, -0.1) is 0 Å². The van der Waals surface area contributed by atoms with Gasteiger partial charge < -0.3 is 31.2 Å². The van der Waals surface area contributed by atoms with Crippen molar-refractivity contribution in [1.82, 2.24) is 10.6 Å². The fraction of sp³-hybridized carbons (Fsp3) is 0.500. The molecule has 2 rings (SSSR count). The lowest BCUT2D eigenvalue weighted by Crippen LogP contribution is -2.22. The van der Waals surface area contributed by atoms with Gasteiger partial charge in [-0.1, -0.05) is 18.2 Å². The Kier molecular flexibility index (Phi) is 14.1. The van der Waals surface area contributed by atoms with Crippen LogP contribution >= 0.6 is 0 Å². The fourth-order valence-electron chi connectivity index (χ4n) is 3.69. The Morgan fingerprint density at radius 2 is 1.55 bits per heavy atom. The van der Waals surface area contributed by atoms with E-state index in [-0.39, 0.29) is 23.5 Å². The number of hydrogen-bond acceptors (Lipinski definition) is 8. The number of nitrogens with one attached hydrogen (secondary N) is 4. The Morgan fingerprint density at radius 1 is 0.868 bits per heavy atom. The highest BCUT2D eigenvalue weighted by Gasteiger charge is 2.19. The number of carbonyl (C=O) groups is 2. The smallest absolute Gasteiger partial charge is 0.411 e. The van der Waals surface area contributed by atoms with E-state index in [4.69, 9.17) is 15.2 Å². The molecular weight excluding hydrogens is 489 g/mol. The lowest BCUT2D eigenvalue weighted by molar-refractivity contribution is 0.0601. The van der Waals surface area contributed by atoms with Gasteiger partial charge in [0, 0.05) is 6.54 Å². The van der Waals surface area contributed by atoms with Crippen LogP contribution in [0.3, 0.4) is 0 Å². The van der Waals surface area contributed by atoms with Crippen LogP contribution in [-0.4, -0.2) is 58.4 Å². The van der Waals surface area contributed by atoms with Gasteiger partial charge in [-0.05, 0) is 101 Å². The molecule has 38 heavy (non-hydrogen) atoms. The van der Waals surface area contributed by atoms with E-state index in [2.05, 4.69) is 21.3 Å². The van der Waals surface area contributed by atoms with E-state index in [1.165, 1.54) is 13.2 Å². The predicted molar refractivity (Wildman–Crippen MR) is 149 cm³/mol. The van der Waals surface area contributed by atoms with Crippen molar-refractivity contribution in [2.45, 2.75) is 46.1 Å². The lowest BCUT2D eigenvalue weighted by atomic mass is 10.1. The van der Waals surface area contributed by atoms with E-state index in [1.54, 1.807) is 0 Å². The summed E-state index contributed by atoms with van der Waals surface area (Å²) in [4.78, 5) is 24.6. The molecule has 10 heteroatoms. The third-order valence-corrected chi connectivity index (χ3v) is 6.05. The highest BCUT2D eigenvalue weighted by Crippen LogP contribution is 2.26. The summed E-state index contributed by atoms with van der Waals surface area (Å²) in [6.07, 6.45) is 3.17. The molecule has 0 heterocycles. The van der Waals surface area contributed by atoms with E-state index in [0.29, 0.717) is 13.1 Å². The zero-order chi connectivity index (χ0) is 27.8. The Labute approximate surface area is 225 Å². The molecule has 0 atom stereocenters. The summed E-state index contributed by atoms with van der Waals surface area (Å²) in [6, 6.07) is 8.21. The van der Waals surface area contributed by atoms with Crippen molar-refractivity contribution in [2.75, 3.05) is 57.0 Å². The second-order valence-corrected chi connectivity index (χ2v) is 9.12. The van der Waals surface area contributed by atoms with E-state index in [0.717, 1.165) is 74.6 Å². The van der Waals surface area contributed by atoms with Crippen LogP contribution in [0.1, 0.15) is 52.7 Å². The number of anilines is 2. The number of ether oxygens (including phenoxy) is 2. The third kappa shape index (κ3) is 11.0. The van der Waals surface area contributed by atoms with Crippen LogP contribution in [0.25, 0.3) is 0 Å². The van der Waals surface area contributed by atoms with Gasteiger partial charge in [0.25, 0.3) is 0 Å². The first-order chi connectivity index (χ1) is 18.3. The number of halogens is 1. The number of amides is 1. The largest absolute Gasteiger partial charge is 0.465 e. The molecule has 0 saturated heterocycles. The van der Waals surface area contributed by atoms with Crippen molar-refractivity contribution in [3.63, 3.8) is 0 Å². The number of hydrogen-bond donors (Lipinski definition) is 5. The maximum atomic E-state index is 14.7. The molecule has 0 fully saturated rings. The molecule has 0 aliphatic carbocycles. The Bertz CT molecular complexity index is 1030.